The van der Waals surface area contributed by atoms with E-state index >= 15 is 0 Å². The molecular weight excluding hydrogens is 231 g/mol. The van der Waals surface area contributed by atoms with E-state index in [2.05, 4.69) is 5.32 Å². The van der Waals surface area contributed by atoms with Crippen molar-refractivity contribution in [2.24, 2.45) is 0 Å². The van der Waals surface area contributed by atoms with Gasteiger partial charge in [-0.25, -0.2) is 4.39 Å². The molecule has 1 amide bonds. The monoisotopic (exact) mass is 244 g/mol. The Bertz CT molecular complexity index is 437. The molecule has 0 spiro atoms. The highest BCUT2D eigenvalue weighted by atomic mass is 32.2. The van der Waals surface area contributed by atoms with Gasteiger partial charge in [-0.05, 0) is 25.1 Å². The fourth-order valence-electron chi connectivity index (χ4n) is 1.19. The van der Waals surface area contributed by atoms with E-state index in [0.29, 0.717) is 0 Å². The van der Waals surface area contributed by atoms with Crippen LogP contribution in [0.4, 0.5) is 10.1 Å². The van der Waals surface area contributed by atoms with Gasteiger partial charge in [0.25, 0.3) is 0 Å². The number of amides is 1. The molecule has 0 saturated carbocycles. The number of benzene rings is 1. The summed E-state index contributed by atoms with van der Waals surface area (Å²) >= 11 is 0. The van der Waals surface area contributed by atoms with E-state index in [4.69, 9.17) is 5.73 Å². The van der Waals surface area contributed by atoms with E-state index in [9.17, 15) is 13.4 Å². The van der Waals surface area contributed by atoms with Crippen LogP contribution in [-0.4, -0.2) is 22.4 Å². The molecule has 0 saturated heterocycles. The Morgan fingerprint density at radius 1 is 1.56 bits per heavy atom. The van der Waals surface area contributed by atoms with Gasteiger partial charge < -0.3 is 11.1 Å². The molecule has 0 bridgehead atoms. The molecule has 2 unspecified atom stereocenters. The Balaban J connectivity index is 3.01. The minimum absolute atomic E-state index is 0.0917. The summed E-state index contributed by atoms with van der Waals surface area (Å²) in [5.41, 5.74) is 5.63. The van der Waals surface area contributed by atoms with Crippen LogP contribution < -0.4 is 11.1 Å². The first-order valence-electron chi connectivity index (χ1n) is 4.64. The maximum absolute atomic E-state index is 12.8. The number of nitrogen functional groups attached to an aromatic ring is 1. The van der Waals surface area contributed by atoms with Crippen LogP contribution in [0.3, 0.4) is 0 Å². The molecule has 16 heavy (non-hydrogen) atoms. The zero-order valence-corrected chi connectivity index (χ0v) is 9.81. The molecule has 0 aliphatic heterocycles. The van der Waals surface area contributed by atoms with Crippen LogP contribution in [0.15, 0.2) is 23.1 Å². The maximum Gasteiger partial charge on any atom is 0.235 e. The lowest BCUT2D eigenvalue weighted by molar-refractivity contribution is -0.119. The molecule has 2 atom stereocenters. The second-order valence-corrected chi connectivity index (χ2v) is 4.98. The molecule has 0 fully saturated rings. The smallest absolute Gasteiger partial charge is 0.235 e. The summed E-state index contributed by atoms with van der Waals surface area (Å²) in [6.07, 6.45) is 0. The van der Waals surface area contributed by atoms with Gasteiger partial charge in [0.1, 0.15) is 11.1 Å². The Morgan fingerprint density at radius 2 is 2.19 bits per heavy atom. The van der Waals surface area contributed by atoms with Crippen molar-refractivity contribution in [1.29, 1.82) is 0 Å². The van der Waals surface area contributed by atoms with Crippen molar-refractivity contribution < 1.29 is 13.4 Å². The zero-order valence-electron chi connectivity index (χ0n) is 8.99. The first-order valence-corrected chi connectivity index (χ1v) is 5.86. The normalized spacial score (nSPS) is 14.2. The van der Waals surface area contributed by atoms with Crippen molar-refractivity contribution in [2.75, 3.05) is 12.8 Å². The molecule has 3 N–H and O–H groups in total. The lowest BCUT2D eigenvalue weighted by atomic mass is 10.3. The average molecular weight is 244 g/mol. The summed E-state index contributed by atoms with van der Waals surface area (Å²) in [5.74, 6) is -0.840. The molecule has 88 valence electrons. The lowest BCUT2D eigenvalue weighted by Crippen LogP contribution is -2.33. The summed E-state index contributed by atoms with van der Waals surface area (Å²) in [6.45, 7) is 1.53. The van der Waals surface area contributed by atoms with Gasteiger partial charge in [0.2, 0.25) is 5.91 Å². The number of nitrogens with two attached hydrogens (primary N) is 1. The average Bonchev–Trinajstić information content (AvgIpc) is 2.26. The predicted molar refractivity (Wildman–Crippen MR) is 60.7 cm³/mol. The molecule has 1 aromatic carbocycles. The first-order chi connectivity index (χ1) is 7.47. The molecule has 4 nitrogen and oxygen atoms in total. The van der Waals surface area contributed by atoms with Gasteiger partial charge in [0.05, 0.1) is 21.4 Å². The molecular formula is C10H13FN2O2S. The van der Waals surface area contributed by atoms with Gasteiger partial charge in [-0.1, -0.05) is 0 Å². The number of anilines is 1. The molecule has 0 heterocycles. The van der Waals surface area contributed by atoms with Crippen LogP contribution in [0.1, 0.15) is 6.92 Å². The van der Waals surface area contributed by atoms with E-state index < -0.39 is 21.9 Å². The summed E-state index contributed by atoms with van der Waals surface area (Å²) in [6, 6.07) is 3.59. The minimum Gasteiger partial charge on any atom is -0.398 e. The van der Waals surface area contributed by atoms with E-state index in [1.165, 1.54) is 26.1 Å². The summed E-state index contributed by atoms with van der Waals surface area (Å²) in [4.78, 5) is 11.6. The van der Waals surface area contributed by atoms with Crippen molar-refractivity contribution in [3.8, 4) is 0 Å². The lowest BCUT2D eigenvalue weighted by Gasteiger charge is -2.11. The summed E-state index contributed by atoms with van der Waals surface area (Å²) in [5, 5.41) is 1.68. The standard InChI is InChI=1S/C10H13FN2O2S/c1-6(10(14)13-2)16(15)9-4-3-7(11)5-8(9)12/h3-6H,12H2,1-2H3,(H,13,14). The van der Waals surface area contributed by atoms with E-state index in [0.717, 1.165) is 6.07 Å². The molecule has 0 aromatic heterocycles. The predicted octanol–water partition coefficient (Wildman–Crippen LogP) is 0.650. The van der Waals surface area contributed by atoms with Crippen LogP contribution in [0.25, 0.3) is 0 Å². The van der Waals surface area contributed by atoms with E-state index in [1.54, 1.807) is 0 Å². The van der Waals surface area contributed by atoms with E-state index in [1.807, 2.05) is 0 Å². The number of nitrogens with one attached hydrogen (secondary N) is 1. The molecule has 0 radical (unpaired) electrons. The number of rotatable bonds is 3. The topological polar surface area (TPSA) is 72.2 Å². The van der Waals surface area contributed by atoms with Crippen molar-refractivity contribution in [1.82, 2.24) is 5.32 Å². The highest BCUT2D eigenvalue weighted by molar-refractivity contribution is 7.86. The van der Waals surface area contributed by atoms with Crippen LogP contribution in [0.5, 0.6) is 0 Å². The molecule has 0 aliphatic carbocycles. The van der Waals surface area contributed by atoms with Gasteiger partial charge >= 0.3 is 0 Å². The van der Waals surface area contributed by atoms with Gasteiger partial charge in [-0.15, -0.1) is 0 Å². The van der Waals surface area contributed by atoms with Gasteiger partial charge in [-0.3, -0.25) is 9.00 Å². The fraction of sp³-hybridized carbons (Fsp3) is 0.300. The van der Waals surface area contributed by atoms with E-state index in [-0.39, 0.29) is 16.5 Å². The Hall–Kier alpha value is -1.43. The zero-order chi connectivity index (χ0) is 12.3. The third kappa shape index (κ3) is 2.57. The molecule has 0 aliphatic rings. The van der Waals surface area contributed by atoms with Crippen LogP contribution >= 0.6 is 0 Å². The van der Waals surface area contributed by atoms with Crippen LogP contribution in [0.2, 0.25) is 0 Å². The highest BCUT2D eigenvalue weighted by Gasteiger charge is 2.21. The Labute approximate surface area is 95.5 Å². The van der Waals surface area contributed by atoms with Crippen molar-refractivity contribution in [3.63, 3.8) is 0 Å². The second-order valence-electron chi connectivity index (χ2n) is 3.24. The van der Waals surface area contributed by atoms with Gasteiger partial charge in [0.15, 0.2) is 0 Å². The molecule has 6 heteroatoms. The maximum atomic E-state index is 12.8. The van der Waals surface area contributed by atoms with Crippen LogP contribution in [0, 0.1) is 5.82 Å². The van der Waals surface area contributed by atoms with Gasteiger partial charge in [0, 0.05) is 7.05 Å². The highest BCUT2D eigenvalue weighted by Crippen LogP contribution is 2.20. The molecule has 1 aromatic rings. The summed E-state index contributed by atoms with van der Waals surface area (Å²) < 4.78 is 24.7. The SMILES string of the molecule is CNC(=O)C(C)S(=O)c1ccc(F)cc1N. The number of carbonyl (C=O) groups is 1. The second kappa shape index (κ2) is 5.07. The largest absolute Gasteiger partial charge is 0.398 e. The third-order valence-corrected chi connectivity index (χ3v) is 3.79. The number of hydrogen-bond donors (Lipinski definition) is 2. The number of halogens is 1. The van der Waals surface area contributed by atoms with Crippen LogP contribution in [-0.2, 0) is 15.6 Å². The summed E-state index contributed by atoms with van der Waals surface area (Å²) in [7, 11) is -0.119. The van der Waals surface area contributed by atoms with Gasteiger partial charge in [-0.2, -0.15) is 0 Å². The Kier molecular flexibility index (Phi) is 4.00. The van der Waals surface area contributed by atoms with Crippen molar-refractivity contribution in [2.45, 2.75) is 17.1 Å². The van der Waals surface area contributed by atoms with Crippen molar-refractivity contribution in [3.05, 3.63) is 24.0 Å². The minimum atomic E-state index is -1.58. The quantitative estimate of drug-likeness (QED) is 0.767. The van der Waals surface area contributed by atoms with Crippen molar-refractivity contribution >= 4 is 22.4 Å². The molecule has 1 rings (SSSR count). The first kappa shape index (κ1) is 12.6. The Morgan fingerprint density at radius 3 is 2.69 bits per heavy atom. The number of carbonyl (C=O) groups excluding carboxylic acids is 1. The fourth-order valence-corrected chi connectivity index (χ4v) is 2.38. The number of hydrogen-bond acceptors (Lipinski definition) is 3. The third-order valence-electron chi connectivity index (χ3n) is 2.13.